The van der Waals surface area contributed by atoms with Gasteiger partial charge in [0.1, 0.15) is 6.29 Å². The number of hydrogen-bond acceptors (Lipinski definition) is 2. The highest BCUT2D eigenvalue weighted by Crippen LogP contribution is 2.28. The number of rotatable bonds is 7. The first kappa shape index (κ1) is 15.1. The van der Waals surface area contributed by atoms with Gasteiger partial charge in [0.2, 0.25) is 0 Å². The molecule has 1 aromatic carbocycles. The Morgan fingerprint density at radius 3 is 2.33 bits per heavy atom. The predicted molar refractivity (Wildman–Crippen MR) is 78.1 cm³/mol. The van der Waals surface area contributed by atoms with Gasteiger partial charge >= 0.3 is 0 Å². The summed E-state index contributed by atoms with van der Waals surface area (Å²) >= 11 is 0. The Morgan fingerprint density at radius 1 is 1.22 bits per heavy atom. The number of carbonyl (C=O) groups is 1. The topological polar surface area (TPSA) is 26.3 Å². The summed E-state index contributed by atoms with van der Waals surface area (Å²) in [7, 11) is -1.71. The average molecular weight is 264 g/mol. The molecule has 0 N–H and O–H groups in total. The van der Waals surface area contributed by atoms with E-state index in [1.165, 1.54) is 0 Å². The summed E-state index contributed by atoms with van der Waals surface area (Å²) in [6.45, 7) is 8.90. The van der Waals surface area contributed by atoms with Crippen LogP contribution in [0.2, 0.25) is 19.1 Å². The lowest BCUT2D eigenvalue weighted by Gasteiger charge is -2.30. The van der Waals surface area contributed by atoms with Crippen LogP contribution in [0.1, 0.15) is 31.9 Å². The first-order chi connectivity index (χ1) is 8.44. The van der Waals surface area contributed by atoms with Crippen LogP contribution < -0.4 is 0 Å². The molecule has 0 saturated heterocycles. The maximum atomic E-state index is 10.8. The van der Waals surface area contributed by atoms with Crippen molar-refractivity contribution >= 4 is 14.6 Å². The summed E-state index contributed by atoms with van der Waals surface area (Å²) in [5.41, 5.74) is 1.11. The van der Waals surface area contributed by atoms with Gasteiger partial charge in [-0.15, -0.1) is 0 Å². The van der Waals surface area contributed by atoms with Crippen LogP contribution in [0.25, 0.3) is 0 Å². The van der Waals surface area contributed by atoms with Crippen molar-refractivity contribution < 1.29 is 9.22 Å². The Hall–Kier alpha value is -0.933. The van der Waals surface area contributed by atoms with Crippen molar-refractivity contribution in [3.63, 3.8) is 0 Å². The van der Waals surface area contributed by atoms with Crippen LogP contribution in [0, 0.1) is 5.92 Å². The van der Waals surface area contributed by atoms with Crippen molar-refractivity contribution in [2.45, 2.75) is 45.5 Å². The maximum absolute atomic E-state index is 10.8. The molecule has 1 unspecified atom stereocenters. The van der Waals surface area contributed by atoms with E-state index in [9.17, 15) is 4.79 Å². The zero-order valence-electron chi connectivity index (χ0n) is 11.8. The third kappa shape index (κ3) is 5.15. The quantitative estimate of drug-likeness (QED) is 0.545. The fraction of sp³-hybridized carbons (Fsp3) is 0.533. The minimum atomic E-state index is -1.71. The van der Waals surface area contributed by atoms with Crippen molar-refractivity contribution in [2.24, 2.45) is 5.92 Å². The van der Waals surface area contributed by atoms with Gasteiger partial charge < -0.3 is 9.22 Å². The summed E-state index contributed by atoms with van der Waals surface area (Å²) in [5, 5.41) is 0. The van der Waals surface area contributed by atoms with Crippen LogP contribution in [-0.2, 0) is 9.22 Å². The van der Waals surface area contributed by atoms with Crippen LogP contribution >= 0.6 is 0 Å². The Kier molecular flexibility index (Phi) is 5.76. The van der Waals surface area contributed by atoms with E-state index in [2.05, 4.69) is 26.9 Å². The molecule has 18 heavy (non-hydrogen) atoms. The second-order valence-corrected chi connectivity index (χ2v) is 9.94. The molecular weight excluding hydrogens is 240 g/mol. The predicted octanol–water partition coefficient (Wildman–Crippen LogP) is 4.19. The molecule has 2 nitrogen and oxygen atoms in total. The van der Waals surface area contributed by atoms with Crippen LogP contribution in [0.4, 0.5) is 0 Å². The molecule has 0 amide bonds. The minimum absolute atomic E-state index is 0.0795. The molecule has 0 aliphatic heterocycles. The van der Waals surface area contributed by atoms with Gasteiger partial charge in [-0.1, -0.05) is 44.2 Å². The Labute approximate surface area is 111 Å². The fourth-order valence-electron chi connectivity index (χ4n) is 2.42. The van der Waals surface area contributed by atoms with Crippen LogP contribution in [0.3, 0.4) is 0 Å². The van der Waals surface area contributed by atoms with E-state index in [0.717, 1.165) is 17.9 Å². The third-order valence-corrected chi connectivity index (χ3v) is 5.57. The number of hydrogen-bond donors (Lipinski definition) is 0. The van der Waals surface area contributed by atoms with Crippen molar-refractivity contribution in [3.05, 3.63) is 35.9 Å². The van der Waals surface area contributed by atoms with Gasteiger partial charge in [0.05, 0.1) is 6.10 Å². The molecule has 1 aromatic rings. The molecule has 0 saturated carbocycles. The summed E-state index contributed by atoms with van der Waals surface area (Å²) < 4.78 is 6.28. The molecule has 0 aliphatic rings. The van der Waals surface area contributed by atoms with E-state index in [0.29, 0.717) is 12.3 Å². The summed E-state index contributed by atoms with van der Waals surface area (Å²) in [4.78, 5) is 10.8. The first-order valence-corrected chi connectivity index (χ1v) is 9.72. The summed E-state index contributed by atoms with van der Waals surface area (Å²) in [6.07, 6.45) is 1.32. The maximum Gasteiger partial charge on any atom is 0.187 e. The molecule has 0 bridgehead atoms. The van der Waals surface area contributed by atoms with Crippen molar-refractivity contribution in [2.75, 3.05) is 0 Å². The zero-order valence-corrected chi connectivity index (χ0v) is 12.8. The van der Waals surface area contributed by atoms with Gasteiger partial charge in [-0.3, -0.25) is 0 Å². The van der Waals surface area contributed by atoms with Gasteiger partial charge in [-0.2, -0.15) is 0 Å². The molecule has 1 rings (SSSR count). The summed E-state index contributed by atoms with van der Waals surface area (Å²) in [6, 6.07) is 11.2. The highest BCUT2D eigenvalue weighted by molar-refractivity contribution is 6.71. The van der Waals surface area contributed by atoms with E-state index in [-0.39, 0.29) is 6.10 Å². The third-order valence-electron chi connectivity index (χ3n) is 2.84. The highest BCUT2D eigenvalue weighted by Gasteiger charge is 2.28. The van der Waals surface area contributed by atoms with Gasteiger partial charge in [0.15, 0.2) is 8.32 Å². The molecule has 0 spiro atoms. The lowest BCUT2D eigenvalue weighted by molar-refractivity contribution is -0.109. The molecule has 0 aliphatic carbocycles. The lowest BCUT2D eigenvalue weighted by Crippen LogP contribution is -2.33. The molecule has 100 valence electrons. The van der Waals surface area contributed by atoms with Crippen molar-refractivity contribution in [1.82, 2.24) is 0 Å². The fourth-order valence-corrected chi connectivity index (χ4v) is 5.49. The van der Waals surface area contributed by atoms with Gasteiger partial charge in [0.25, 0.3) is 0 Å². The second kappa shape index (κ2) is 6.85. The monoisotopic (exact) mass is 264 g/mol. The molecular formula is C15H24O2Si. The van der Waals surface area contributed by atoms with Gasteiger partial charge in [-0.05, 0) is 30.6 Å². The lowest BCUT2D eigenvalue weighted by atomic mass is 10.1. The molecule has 0 fully saturated rings. The summed E-state index contributed by atoms with van der Waals surface area (Å²) in [5.74, 6) is 0.638. The minimum Gasteiger partial charge on any atom is -0.410 e. The molecule has 0 heterocycles. The molecule has 0 aromatic heterocycles. The first-order valence-electron chi connectivity index (χ1n) is 6.61. The van der Waals surface area contributed by atoms with Crippen LogP contribution in [-0.4, -0.2) is 14.6 Å². The molecule has 0 radical (unpaired) electrons. The number of carbonyl (C=O) groups excluding carboxylic acids is 1. The van der Waals surface area contributed by atoms with Crippen molar-refractivity contribution in [1.29, 1.82) is 0 Å². The highest BCUT2D eigenvalue weighted by atomic mass is 28.4. The number of aldehydes is 1. The average Bonchev–Trinajstić information content (AvgIpc) is 2.27. The van der Waals surface area contributed by atoms with Gasteiger partial charge in [-0.25, -0.2) is 0 Å². The van der Waals surface area contributed by atoms with E-state index < -0.39 is 8.32 Å². The molecule has 3 heteroatoms. The van der Waals surface area contributed by atoms with E-state index >= 15 is 0 Å². The normalized spacial score (nSPS) is 13.6. The van der Waals surface area contributed by atoms with Crippen LogP contribution in [0.5, 0.6) is 0 Å². The standard InChI is InChI=1S/C15H24O2Si/c1-13(2)12-18(3,4)17-15(10-11-16)14-8-6-5-7-9-14/h5-9,11,13,15H,10,12H2,1-4H3. The number of benzene rings is 1. The largest absolute Gasteiger partial charge is 0.410 e. The van der Waals surface area contributed by atoms with Crippen molar-refractivity contribution in [3.8, 4) is 0 Å². The molecule has 1 atom stereocenters. The Balaban J connectivity index is 2.77. The zero-order chi connectivity index (χ0) is 13.6. The SMILES string of the molecule is CC(C)C[Si](C)(C)OC(CC=O)c1ccccc1. The van der Waals surface area contributed by atoms with Gasteiger partial charge in [0, 0.05) is 6.42 Å². The van der Waals surface area contributed by atoms with E-state index in [4.69, 9.17) is 4.43 Å². The Morgan fingerprint density at radius 2 is 1.83 bits per heavy atom. The Bertz CT molecular complexity index is 360. The smallest absolute Gasteiger partial charge is 0.187 e. The second-order valence-electron chi connectivity index (χ2n) is 5.78. The van der Waals surface area contributed by atoms with Crippen LogP contribution in [0.15, 0.2) is 30.3 Å². The van der Waals surface area contributed by atoms with E-state index in [1.807, 2.05) is 30.3 Å². The van der Waals surface area contributed by atoms with E-state index in [1.54, 1.807) is 0 Å².